The molecule has 0 saturated carbocycles. The van der Waals surface area contributed by atoms with Gasteiger partial charge in [0.05, 0.1) is 0 Å². The van der Waals surface area contributed by atoms with Crippen molar-refractivity contribution >= 4 is 69.1 Å². The predicted molar refractivity (Wildman–Crippen MR) is 149 cm³/mol. The van der Waals surface area contributed by atoms with Crippen LogP contribution in [0.1, 0.15) is 39.3 Å². The number of hydrogen-bond acceptors (Lipinski definition) is 11. The Balaban J connectivity index is 1.17. The number of thioether (sulfide) groups is 2. The highest BCUT2D eigenvalue weighted by Crippen LogP contribution is 2.53. The molecule has 4 N–H and O–H groups in total. The first kappa shape index (κ1) is 29.0. The van der Waals surface area contributed by atoms with Gasteiger partial charge in [0.25, 0.3) is 0 Å². The normalized spacial score (nSPS) is 31.9. The number of nitrogens with zero attached hydrogens (tertiary/aromatic N) is 2. The number of carbonyl (C=O) groups excluding carboxylic acids is 5. The Hall–Kier alpha value is -2.49. The van der Waals surface area contributed by atoms with Crippen LogP contribution in [0, 0.1) is 0 Å². The molecule has 4 fully saturated rings. The average molecular weight is 658 g/mol. The third kappa shape index (κ3) is 4.64. The Morgan fingerprint density at radius 1 is 0.975 bits per heavy atom. The lowest BCUT2D eigenvalue weighted by Gasteiger charge is -2.44. The fraction of sp³-hybridized carbons (Fsp3) is 0.560. The van der Waals surface area contributed by atoms with Crippen molar-refractivity contribution in [2.24, 2.45) is 5.73 Å². The van der Waals surface area contributed by atoms with Gasteiger partial charge in [-0.25, -0.2) is 9.59 Å². The summed E-state index contributed by atoms with van der Waals surface area (Å²) >= 11 is 6.17. The molecule has 0 bridgehead atoms. The molecule has 1 aromatic rings. The van der Waals surface area contributed by atoms with E-state index in [0.29, 0.717) is 5.56 Å². The van der Waals surface area contributed by atoms with Gasteiger partial charge in [0.2, 0.25) is 24.5 Å². The molecule has 0 spiro atoms. The average Bonchev–Trinajstić information content (AvgIpc) is 3.31. The standard InChI is InChI=1S/C25H29BrN4O8S2/c1-24(2)15(29-18(33)12(26)20(29)39-24)22(35)37-9-38-23(36)16-25(3,4)40-21-14(19(34)30(16)21)28-17(32)13(27)10-5-7-11(31)8-6-10/h5-8,12-16,20-21,31H,9,27H2,1-4H3,(H,28,32)/t12-,13?,14?,15+,16+,20-,21-/m1/s1. The first-order valence-electron chi connectivity index (χ1n) is 12.5. The molecule has 1 aromatic carbocycles. The van der Waals surface area contributed by atoms with Crippen molar-refractivity contribution in [3.05, 3.63) is 29.8 Å². The molecule has 4 aliphatic heterocycles. The summed E-state index contributed by atoms with van der Waals surface area (Å²) in [4.78, 5) is 66.5. The Labute approximate surface area is 247 Å². The third-order valence-corrected chi connectivity index (χ3v) is 11.9. The Morgan fingerprint density at radius 3 is 2.02 bits per heavy atom. The van der Waals surface area contributed by atoms with E-state index in [-0.39, 0.29) is 21.9 Å². The van der Waals surface area contributed by atoms with Crippen LogP contribution in [-0.4, -0.2) is 94.6 Å². The van der Waals surface area contributed by atoms with Crippen LogP contribution >= 0.6 is 39.5 Å². The van der Waals surface area contributed by atoms with Crippen molar-refractivity contribution in [1.29, 1.82) is 0 Å². The molecular formula is C25H29BrN4O8S2. The minimum Gasteiger partial charge on any atom is -0.508 e. The Bertz CT molecular complexity index is 1280. The Morgan fingerprint density at radius 2 is 1.48 bits per heavy atom. The van der Waals surface area contributed by atoms with Gasteiger partial charge in [0.15, 0.2) is 0 Å². The number of benzene rings is 1. The largest absolute Gasteiger partial charge is 0.508 e. The van der Waals surface area contributed by atoms with Gasteiger partial charge in [0.1, 0.15) is 45.5 Å². The van der Waals surface area contributed by atoms with E-state index in [1.807, 2.05) is 13.8 Å². The molecule has 4 heterocycles. The van der Waals surface area contributed by atoms with Gasteiger partial charge in [-0.3, -0.25) is 14.4 Å². The molecule has 7 atom stereocenters. The van der Waals surface area contributed by atoms with Crippen molar-refractivity contribution < 1.29 is 38.6 Å². The molecule has 2 unspecified atom stereocenters. The number of β-lactam (4-membered cyclic amide) rings is 2. The van der Waals surface area contributed by atoms with Gasteiger partial charge in [-0.15, -0.1) is 23.5 Å². The lowest BCUT2D eigenvalue weighted by molar-refractivity contribution is -0.181. The van der Waals surface area contributed by atoms with Gasteiger partial charge in [0, 0.05) is 9.49 Å². The van der Waals surface area contributed by atoms with Crippen LogP contribution in [0.3, 0.4) is 0 Å². The van der Waals surface area contributed by atoms with Crippen LogP contribution < -0.4 is 11.1 Å². The number of carbonyl (C=O) groups is 5. The summed E-state index contributed by atoms with van der Waals surface area (Å²) in [5.41, 5.74) is 6.50. The third-order valence-electron chi connectivity index (χ3n) is 7.50. The number of rotatable bonds is 7. The van der Waals surface area contributed by atoms with Crippen LogP contribution in [0.25, 0.3) is 0 Å². The zero-order valence-electron chi connectivity index (χ0n) is 22.0. The van der Waals surface area contributed by atoms with Gasteiger partial charge in [-0.2, -0.15) is 0 Å². The van der Waals surface area contributed by atoms with E-state index < -0.39 is 69.6 Å². The van der Waals surface area contributed by atoms with E-state index in [4.69, 9.17) is 15.2 Å². The summed E-state index contributed by atoms with van der Waals surface area (Å²) in [6, 6.07) is 2.14. The van der Waals surface area contributed by atoms with Crippen molar-refractivity contribution in [2.45, 2.75) is 76.9 Å². The molecule has 216 valence electrons. The summed E-state index contributed by atoms with van der Waals surface area (Å²) in [5, 5.41) is 11.4. The quantitative estimate of drug-likeness (QED) is 0.164. The first-order chi connectivity index (χ1) is 18.7. The second-order valence-electron chi connectivity index (χ2n) is 11.0. The maximum Gasteiger partial charge on any atom is 0.333 e. The number of amides is 3. The minimum absolute atomic E-state index is 0.0347. The fourth-order valence-electron chi connectivity index (χ4n) is 5.45. The molecule has 3 amide bonds. The highest BCUT2D eigenvalue weighted by Gasteiger charge is 2.65. The summed E-state index contributed by atoms with van der Waals surface area (Å²) in [6.07, 6.45) is 0. The van der Waals surface area contributed by atoms with Gasteiger partial charge >= 0.3 is 11.9 Å². The minimum atomic E-state index is -1.05. The maximum absolute atomic E-state index is 13.1. The van der Waals surface area contributed by atoms with E-state index in [1.165, 1.54) is 57.6 Å². The molecule has 40 heavy (non-hydrogen) atoms. The number of esters is 2. The summed E-state index contributed by atoms with van der Waals surface area (Å²) < 4.78 is 9.18. The highest BCUT2D eigenvalue weighted by molar-refractivity contribution is 9.10. The fourth-order valence-corrected chi connectivity index (χ4v) is 9.43. The van der Waals surface area contributed by atoms with Crippen LogP contribution in [0.2, 0.25) is 0 Å². The van der Waals surface area contributed by atoms with E-state index in [2.05, 4.69) is 21.2 Å². The van der Waals surface area contributed by atoms with Crippen molar-refractivity contribution in [3.63, 3.8) is 0 Å². The Kier molecular flexibility index (Phi) is 7.33. The zero-order valence-corrected chi connectivity index (χ0v) is 25.2. The number of aromatic hydroxyl groups is 1. The number of hydrogen-bond donors (Lipinski definition) is 3. The van der Waals surface area contributed by atoms with Gasteiger partial charge in [-0.05, 0) is 45.4 Å². The smallest absolute Gasteiger partial charge is 0.333 e. The van der Waals surface area contributed by atoms with E-state index in [1.54, 1.807) is 13.8 Å². The number of nitrogens with one attached hydrogen (secondary N) is 1. The van der Waals surface area contributed by atoms with Gasteiger partial charge in [-0.1, -0.05) is 28.1 Å². The van der Waals surface area contributed by atoms with E-state index in [9.17, 15) is 29.1 Å². The molecule has 0 radical (unpaired) electrons. The van der Waals surface area contributed by atoms with Crippen LogP contribution in [-0.2, 0) is 33.4 Å². The molecule has 4 aliphatic rings. The van der Waals surface area contributed by atoms with Crippen LogP contribution in [0.5, 0.6) is 5.75 Å². The lowest BCUT2D eigenvalue weighted by atomic mass is 9.95. The molecule has 15 heteroatoms. The highest BCUT2D eigenvalue weighted by atomic mass is 79.9. The molecular weight excluding hydrogens is 628 g/mol. The van der Waals surface area contributed by atoms with Gasteiger partial charge < -0.3 is 35.4 Å². The summed E-state index contributed by atoms with van der Waals surface area (Å²) in [5.74, 6) is -2.60. The number of alkyl halides is 1. The predicted octanol–water partition coefficient (Wildman–Crippen LogP) is 0.809. The first-order valence-corrected chi connectivity index (χ1v) is 15.2. The van der Waals surface area contributed by atoms with E-state index in [0.717, 1.165) is 0 Å². The topological polar surface area (TPSA) is 169 Å². The number of fused-ring (bicyclic) bond motifs is 2. The molecule has 5 rings (SSSR count). The molecule has 0 aromatic heterocycles. The SMILES string of the molecule is CC1(C)S[C@@H]2C(NC(=O)C(N)c3ccc(O)cc3)C(=O)N2[C@H]1C(=O)OCOC(=O)[C@@H]1N2C(=O)[C@@H](Br)[C@H]2SC1(C)C. The van der Waals surface area contributed by atoms with E-state index >= 15 is 0 Å². The number of halogens is 1. The summed E-state index contributed by atoms with van der Waals surface area (Å²) in [6.45, 7) is 6.60. The molecule has 12 nitrogen and oxygen atoms in total. The molecule has 0 aliphatic carbocycles. The lowest BCUT2D eigenvalue weighted by Crippen LogP contribution is -2.71. The van der Waals surface area contributed by atoms with Crippen LogP contribution in [0.4, 0.5) is 0 Å². The van der Waals surface area contributed by atoms with Crippen molar-refractivity contribution in [1.82, 2.24) is 15.1 Å². The number of phenolic OH excluding ortho intramolecular Hbond substituents is 1. The number of nitrogens with two attached hydrogens (primary N) is 1. The van der Waals surface area contributed by atoms with Crippen molar-refractivity contribution in [2.75, 3.05) is 6.79 Å². The maximum atomic E-state index is 13.1. The second kappa shape index (κ2) is 10.1. The second-order valence-corrected chi connectivity index (χ2v) is 15.5. The monoisotopic (exact) mass is 656 g/mol. The number of ether oxygens (including phenoxy) is 2. The van der Waals surface area contributed by atoms with Crippen LogP contribution in [0.15, 0.2) is 24.3 Å². The summed E-state index contributed by atoms with van der Waals surface area (Å²) in [7, 11) is 0. The number of phenols is 1. The molecule has 4 saturated heterocycles. The van der Waals surface area contributed by atoms with Crippen molar-refractivity contribution in [3.8, 4) is 5.75 Å². The zero-order chi connectivity index (χ0) is 29.3.